The highest BCUT2D eigenvalue weighted by Crippen LogP contribution is 2.15. The van der Waals surface area contributed by atoms with Crippen LogP contribution in [0.5, 0.6) is 0 Å². The lowest BCUT2D eigenvalue weighted by Crippen LogP contribution is -2.04. The normalized spacial score (nSPS) is 12.5. The Balaban J connectivity index is 3.01. The molecule has 0 aliphatic carbocycles. The predicted molar refractivity (Wildman–Crippen MR) is 128 cm³/mol. The van der Waals surface area contributed by atoms with Gasteiger partial charge >= 0.3 is 0 Å². The molecule has 1 N–H and O–H groups in total. The highest BCUT2D eigenvalue weighted by atomic mass is 16.3. The van der Waals surface area contributed by atoms with Crippen molar-refractivity contribution < 1.29 is 5.11 Å². The van der Waals surface area contributed by atoms with Gasteiger partial charge in [0.2, 0.25) is 0 Å². The Morgan fingerprint density at radius 3 is 0.929 bits per heavy atom. The van der Waals surface area contributed by atoms with Gasteiger partial charge in [-0.05, 0) is 12.8 Å². The molecule has 0 saturated heterocycles. The lowest BCUT2D eigenvalue weighted by Gasteiger charge is -2.08. The smallest absolute Gasteiger partial charge is 0.0540 e. The standard InChI is InChI=1S/C27H56O/c1-3-5-6-7-8-9-10-11-12-13-14-15-16-17-18-19-20-21-22-23-24-26-27(28)25-4-2/h27-28H,3-26H2,1-2H3. The Bertz CT molecular complexity index is 263. The van der Waals surface area contributed by atoms with E-state index in [1.807, 2.05) is 0 Å². The Labute approximate surface area is 179 Å². The molecule has 170 valence electrons. The Kier molecular flexibility index (Phi) is 25.0. The zero-order valence-corrected chi connectivity index (χ0v) is 20.0. The average molecular weight is 397 g/mol. The molecule has 0 rings (SSSR count). The SMILES string of the molecule is CCCCCCCCCCCCCCCCCCCCCCCC(O)CCC. The maximum Gasteiger partial charge on any atom is 0.0540 e. The van der Waals surface area contributed by atoms with Gasteiger partial charge in [-0.1, -0.05) is 155 Å². The Morgan fingerprint density at radius 2 is 0.643 bits per heavy atom. The quantitative estimate of drug-likeness (QED) is 0.161. The third kappa shape index (κ3) is 24.0. The van der Waals surface area contributed by atoms with Gasteiger partial charge in [-0.15, -0.1) is 0 Å². The molecule has 0 aliphatic heterocycles. The highest BCUT2D eigenvalue weighted by Gasteiger charge is 2.01. The van der Waals surface area contributed by atoms with E-state index in [2.05, 4.69) is 13.8 Å². The molecule has 0 aromatic carbocycles. The van der Waals surface area contributed by atoms with Crippen LogP contribution in [0.15, 0.2) is 0 Å². The van der Waals surface area contributed by atoms with Crippen LogP contribution in [-0.4, -0.2) is 11.2 Å². The van der Waals surface area contributed by atoms with Crippen molar-refractivity contribution in [3.05, 3.63) is 0 Å². The molecule has 0 aromatic rings. The summed E-state index contributed by atoms with van der Waals surface area (Å²) in [5.41, 5.74) is 0. The van der Waals surface area contributed by atoms with E-state index in [1.54, 1.807) is 0 Å². The number of hydrogen-bond donors (Lipinski definition) is 1. The first-order chi connectivity index (χ1) is 13.8. The summed E-state index contributed by atoms with van der Waals surface area (Å²) in [5.74, 6) is 0. The molecule has 0 saturated carbocycles. The van der Waals surface area contributed by atoms with Gasteiger partial charge in [0.15, 0.2) is 0 Å². The van der Waals surface area contributed by atoms with Crippen LogP contribution in [0.3, 0.4) is 0 Å². The molecule has 28 heavy (non-hydrogen) atoms. The Morgan fingerprint density at radius 1 is 0.357 bits per heavy atom. The number of hydrogen-bond acceptors (Lipinski definition) is 1. The second-order valence-electron chi connectivity index (χ2n) is 9.30. The summed E-state index contributed by atoms with van der Waals surface area (Å²) in [4.78, 5) is 0. The van der Waals surface area contributed by atoms with Crippen LogP contribution in [0.25, 0.3) is 0 Å². The van der Waals surface area contributed by atoms with Crippen molar-refractivity contribution in [2.24, 2.45) is 0 Å². The fourth-order valence-corrected chi connectivity index (χ4v) is 4.29. The average Bonchev–Trinajstić information content (AvgIpc) is 2.69. The molecule has 1 nitrogen and oxygen atoms in total. The molecule has 0 radical (unpaired) electrons. The van der Waals surface area contributed by atoms with E-state index < -0.39 is 0 Å². The first kappa shape index (κ1) is 28.0. The maximum absolute atomic E-state index is 9.71. The zero-order chi connectivity index (χ0) is 20.5. The fourth-order valence-electron chi connectivity index (χ4n) is 4.29. The lowest BCUT2D eigenvalue weighted by atomic mass is 10.0. The molecule has 0 bridgehead atoms. The number of aliphatic hydroxyl groups excluding tert-OH is 1. The van der Waals surface area contributed by atoms with Crippen molar-refractivity contribution in [1.82, 2.24) is 0 Å². The fraction of sp³-hybridized carbons (Fsp3) is 1.00. The summed E-state index contributed by atoms with van der Waals surface area (Å²) in [6, 6.07) is 0. The molecule has 1 unspecified atom stereocenters. The van der Waals surface area contributed by atoms with Gasteiger partial charge in [0.25, 0.3) is 0 Å². The Hall–Kier alpha value is -0.0400. The minimum atomic E-state index is -0.0367. The van der Waals surface area contributed by atoms with E-state index in [1.165, 1.54) is 135 Å². The van der Waals surface area contributed by atoms with Crippen LogP contribution in [0.4, 0.5) is 0 Å². The summed E-state index contributed by atoms with van der Waals surface area (Å²) in [6.45, 7) is 4.45. The van der Waals surface area contributed by atoms with Crippen LogP contribution in [-0.2, 0) is 0 Å². The topological polar surface area (TPSA) is 20.2 Å². The monoisotopic (exact) mass is 396 g/mol. The van der Waals surface area contributed by atoms with Gasteiger partial charge in [0.1, 0.15) is 0 Å². The summed E-state index contributed by atoms with van der Waals surface area (Å²) in [7, 11) is 0. The second-order valence-corrected chi connectivity index (χ2v) is 9.30. The molecule has 0 fully saturated rings. The zero-order valence-electron chi connectivity index (χ0n) is 20.0. The van der Waals surface area contributed by atoms with Crippen molar-refractivity contribution in [3.63, 3.8) is 0 Å². The van der Waals surface area contributed by atoms with Gasteiger partial charge < -0.3 is 5.11 Å². The van der Waals surface area contributed by atoms with E-state index in [4.69, 9.17) is 0 Å². The molecule has 0 aliphatic rings. The third-order valence-corrected chi connectivity index (χ3v) is 6.26. The summed E-state index contributed by atoms with van der Waals surface area (Å²) < 4.78 is 0. The minimum Gasteiger partial charge on any atom is -0.393 e. The molecular weight excluding hydrogens is 340 g/mol. The number of unbranched alkanes of at least 4 members (excludes halogenated alkanes) is 20. The molecule has 0 spiro atoms. The van der Waals surface area contributed by atoms with Gasteiger partial charge in [-0.3, -0.25) is 0 Å². The minimum absolute atomic E-state index is 0.0367. The van der Waals surface area contributed by atoms with Crippen LogP contribution in [0.1, 0.15) is 168 Å². The summed E-state index contributed by atoms with van der Waals surface area (Å²) in [6.07, 6.45) is 33.2. The summed E-state index contributed by atoms with van der Waals surface area (Å²) >= 11 is 0. The third-order valence-electron chi connectivity index (χ3n) is 6.26. The van der Waals surface area contributed by atoms with Crippen molar-refractivity contribution in [2.75, 3.05) is 0 Å². The van der Waals surface area contributed by atoms with Crippen molar-refractivity contribution in [3.8, 4) is 0 Å². The molecule has 1 heteroatoms. The second kappa shape index (κ2) is 25.0. The molecular formula is C27H56O. The summed E-state index contributed by atoms with van der Waals surface area (Å²) in [5, 5.41) is 9.71. The van der Waals surface area contributed by atoms with Gasteiger partial charge in [-0.2, -0.15) is 0 Å². The van der Waals surface area contributed by atoms with Gasteiger partial charge in [0, 0.05) is 0 Å². The van der Waals surface area contributed by atoms with Crippen LogP contribution < -0.4 is 0 Å². The molecule has 0 amide bonds. The van der Waals surface area contributed by atoms with E-state index in [-0.39, 0.29) is 6.10 Å². The van der Waals surface area contributed by atoms with Crippen LogP contribution in [0, 0.1) is 0 Å². The predicted octanol–water partition coefficient (Wildman–Crippen LogP) is 9.75. The maximum atomic E-state index is 9.71. The highest BCUT2D eigenvalue weighted by molar-refractivity contribution is 4.55. The number of aliphatic hydroxyl groups is 1. The van der Waals surface area contributed by atoms with Crippen molar-refractivity contribution in [2.45, 2.75) is 174 Å². The van der Waals surface area contributed by atoms with E-state index in [9.17, 15) is 5.11 Å². The molecule has 0 aromatic heterocycles. The van der Waals surface area contributed by atoms with Crippen molar-refractivity contribution >= 4 is 0 Å². The largest absolute Gasteiger partial charge is 0.393 e. The first-order valence-corrected chi connectivity index (χ1v) is 13.5. The van der Waals surface area contributed by atoms with E-state index in [0.717, 1.165) is 19.3 Å². The van der Waals surface area contributed by atoms with Gasteiger partial charge in [-0.25, -0.2) is 0 Å². The number of rotatable bonds is 24. The molecule has 0 heterocycles. The lowest BCUT2D eigenvalue weighted by molar-refractivity contribution is 0.150. The first-order valence-electron chi connectivity index (χ1n) is 13.5. The van der Waals surface area contributed by atoms with Gasteiger partial charge in [0.05, 0.1) is 6.10 Å². The van der Waals surface area contributed by atoms with E-state index in [0.29, 0.717) is 0 Å². The van der Waals surface area contributed by atoms with Crippen LogP contribution in [0.2, 0.25) is 0 Å². The van der Waals surface area contributed by atoms with Crippen LogP contribution >= 0.6 is 0 Å². The molecule has 1 atom stereocenters. The van der Waals surface area contributed by atoms with Crippen molar-refractivity contribution in [1.29, 1.82) is 0 Å². The van der Waals surface area contributed by atoms with E-state index >= 15 is 0 Å².